The summed E-state index contributed by atoms with van der Waals surface area (Å²) in [5.74, 6) is 1.47. The molecule has 0 aliphatic heterocycles. The van der Waals surface area contributed by atoms with Gasteiger partial charge in [-0.25, -0.2) is 0 Å². The maximum Gasteiger partial charge on any atom is 0.220 e. The summed E-state index contributed by atoms with van der Waals surface area (Å²) in [6.07, 6.45) is 3.54. The number of hydrogen-bond acceptors (Lipinski definition) is 4. The zero-order valence-corrected chi connectivity index (χ0v) is 11.0. The van der Waals surface area contributed by atoms with Crippen LogP contribution in [0.4, 0.5) is 0 Å². The fourth-order valence-electron chi connectivity index (χ4n) is 2.11. The summed E-state index contributed by atoms with van der Waals surface area (Å²) >= 11 is 0. The van der Waals surface area contributed by atoms with Gasteiger partial charge in [0.1, 0.15) is 5.76 Å². The number of amides is 1. The van der Waals surface area contributed by atoms with Gasteiger partial charge in [0, 0.05) is 24.6 Å². The van der Waals surface area contributed by atoms with Crippen LogP contribution in [0.15, 0.2) is 4.52 Å². The summed E-state index contributed by atoms with van der Waals surface area (Å²) in [6.45, 7) is 4.36. The zero-order valence-electron chi connectivity index (χ0n) is 11.0. The molecule has 3 N–H and O–H groups in total. The summed E-state index contributed by atoms with van der Waals surface area (Å²) in [7, 11) is 0. The standard InChI is InChI=1S/C13H21N3O2/c1-8-11(9(2)18-16-8)5-6-13(17)15-7-12(14)10-3-4-10/h10,12H,3-7,14H2,1-2H3,(H,15,17). The number of carbonyl (C=O) groups is 1. The van der Waals surface area contributed by atoms with E-state index in [9.17, 15) is 4.79 Å². The summed E-state index contributed by atoms with van der Waals surface area (Å²) in [4.78, 5) is 11.7. The van der Waals surface area contributed by atoms with E-state index in [1.807, 2.05) is 13.8 Å². The van der Waals surface area contributed by atoms with Gasteiger partial charge >= 0.3 is 0 Å². The largest absolute Gasteiger partial charge is 0.361 e. The molecule has 1 heterocycles. The number of hydrogen-bond donors (Lipinski definition) is 2. The molecule has 1 fully saturated rings. The third-order valence-corrected chi connectivity index (χ3v) is 3.55. The first-order valence-corrected chi connectivity index (χ1v) is 6.52. The molecule has 1 amide bonds. The highest BCUT2D eigenvalue weighted by molar-refractivity contribution is 5.76. The fourth-order valence-corrected chi connectivity index (χ4v) is 2.11. The SMILES string of the molecule is Cc1noc(C)c1CCC(=O)NCC(N)C1CC1. The highest BCUT2D eigenvalue weighted by atomic mass is 16.5. The minimum atomic E-state index is 0.0473. The minimum absolute atomic E-state index is 0.0473. The Hall–Kier alpha value is -1.36. The maximum atomic E-state index is 11.7. The topological polar surface area (TPSA) is 81.2 Å². The molecule has 18 heavy (non-hydrogen) atoms. The molecule has 0 aromatic carbocycles. The molecule has 5 heteroatoms. The highest BCUT2D eigenvalue weighted by Gasteiger charge is 2.28. The Morgan fingerprint density at radius 1 is 1.56 bits per heavy atom. The smallest absolute Gasteiger partial charge is 0.220 e. The molecule has 0 radical (unpaired) electrons. The lowest BCUT2D eigenvalue weighted by Crippen LogP contribution is -2.38. The van der Waals surface area contributed by atoms with Gasteiger partial charge in [0.25, 0.3) is 0 Å². The monoisotopic (exact) mass is 251 g/mol. The lowest BCUT2D eigenvalue weighted by Gasteiger charge is -2.11. The second-order valence-electron chi connectivity index (χ2n) is 5.11. The van der Waals surface area contributed by atoms with Crippen molar-refractivity contribution in [2.75, 3.05) is 6.54 Å². The Labute approximate surface area is 107 Å². The van der Waals surface area contributed by atoms with Crippen LogP contribution in [0.3, 0.4) is 0 Å². The molecule has 5 nitrogen and oxygen atoms in total. The molecule has 2 rings (SSSR count). The van der Waals surface area contributed by atoms with Crippen molar-refractivity contribution in [2.45, 2.75) is 45.6 Å². The van der Waals surface area contributed by atoms with Crippen LogP contribution in [-0.2, 0) is 11.2 Å². The normalized spacial score (nSPS) is 16.6. The molecular formula is C13H21N3O2. The van der Waals surface area contributed by atoms with Crippen molar-refractivity contribution in [2.24, 2.45) is 11.7 Å². The molecule has 0 spiro atoms. The molecule has 1 saturated carbocycles. The predicted octanol–water partition coefficient (Wildman–Crippen LogP) is 1.08. The summed E-state index contributed by atoms with van der Waals surface area (Å²) < 4.78 is 5.06. The van der Waals surface area contributed by atoms with Gasteiger partial charge in [-0.15, -0.1) is 0 Å². The number of aryl methyl sites for hydroxylation is 2. The van der Waals surface area contributed by atoms with E-state index < -0.39 is 0 Å². The lowest BCUT2D eigenvalue weighted by molar-refractivity contribution is -0.121. The second kappa shape index (κ2) is 5.52. The molecule has 1 aromatic rings. The van der Waals surface area contributed by atoms with Crippen molar-refractivity contribution in [1.29, 1.82) is 0 Å². The average Bonchev–Trinajstić information content (AvgIpc) is 3.13. The van der Waals surface area contributed by atoms with E-state index in [4.69, 9.17) is 10.3 Å². The number of nitrogens with one attached hydrogen (secondary N) is 1. The van der Waals surface area contributed by atoms with E-state index in [1.165, 1.54) is 12.8 Å². The van der Waals surface area contributed by atoms with Gasteiger partial charge in [-0.1, -0.05) is 5.16 Å². The van der Waals surface area contributed by atoms with Gasteiger partial charge in [-0.05, 0) is 39.0 Å². The molecule has 0 saturated heterocycles. The van der Waals surface area contributed by atoms with E-state index in [0.29, 0.717) is 25.3 Å². The summed E-state index contributed by atoms with van der Waals surface area (Å²) in [6, 6.07) is 0.119. The van der Waals surface area contributed by atoms with Crippen LogP contribution in [0.2, 0.25) is 0 Å². The first kappa shape index (κ1) is 13.1. The number of aromatic nitrogens is 1. The Morgan fingerprint density at radius 2 is 2.28 bits per heavy atom. The first-order chi connectivity index (χ1) is 8.58. The van der Waals surface area contributed by atoms with Gasteiger partial charge in [0.2, 0.25) is 5.91 Å². The van der Waals surface area contributed by atoms with Gasteiger partial charge in [0.15, 0.2) is 0 Å². The number of carbonyl (C=O) groups excluding carboxylic acids is 1. The average molecular weight is 251 g/mol. The van der Waals surface area contributed by atoms with Crippen LogP contribution in [0.1, 0.15) is 36.3 Å². The van der Waals surface area contributed by atoms with E-state index in [1.54, 1.807) is 0 Å². The van der Waals surface area contributed by atoms with Crippen LogP contribution in [0.5, 0.6) is 0 Å². The third-order valence-electron chi connectivity index (χ3n) is 3.55. The fraction of sp³-hybridized carbons (Fsp3) is 0.692. The Balaban J connectivity index is 1.71. The van der Waals surface area contributed by atoms with Crippen LogP contribution < -0.4 is 11.1 Å². The summed E-state index contributed by atoms with van der Waals surface area (Å²) in [5, 5.41) is 6.76. The predicted molar refractivity (Wildman–Crippen MR) is 68.0 cm³/mol. The molecular weight excluding hydrogens is 230 g/mol. The van der Waals surface area contributed by atoms with Crippen molar-refractivity contribution in [3.63, 3.8) is 0 Å². The van der Waals surface area contributed by atoms with Gasteiger partial charge in [0.05, 0.1) is 5.69 Å². The Bertz CT molecular complexity index is 404. The van der Waals surface area contributed by atoms with Crippen molar-refractivity contribution < 1.29 is 9.32 Å². The van der Waals surface area contributed by atoms with E-state index in [0.717, 1.165) is 17.0 Å². The number of rotatable bonds is 6. The van der Waals surface area contributed by atoms with Crippen molar-refractivity contribution in [3.05, 3.63) is 17.0 Å². The Kier molecular flexibility index (Phi) is 4.01. The van der Waals surface area contributed by atoms with Crippen LogP contribution in [0, 0.1) is 19.8 Å². The van der Waals surface area contributed by atoms with Crippen LogP contribution in [0.25, 0.3) is 0 Å². The molecule has 1 aliphatic carbocycles. The molecule has 0 bridgehead atoms. The maximum absolute atomic E-state index is 11.7. The van der Waals surface area contributed by atoms with Crippen molar-refractivity contribution in [3.8, 4) is 0 Å². The first-order valence-electron chi connectivity index (χ1n) is 6.52. The van der Waals surface area contributed by atoms with Crippen molar-refractivity contribution >= 4 is 5.91 Å². The minimum Gasteiger partial charge on any atom is -0.361 e. The molecule has 1 unspecified atom stereocenters. The van der Waals surface area contributed by atoms with E-state index in [-0.39, 0.29) is 11.9 Å². The third kappa shape index (κ3) is 3.32. The summed E-state index contributed by atoms with van der Waals surface area (Å²) in [5.41, 5.74) is 7.84. The van der Waals surface area contributed by atoms with Gasteiger partial charge in [-0.2, -0.15) is 0 Å². The van der Waals surface area contributed by atoms with Crippen LogP contribution >= 0.6 is 0 Å². The van der Waals surface area contributed by atoms with E-state index in [2.05, 4.69) is 10.5 Å². The highest BCUT2D eigenvalue weighted by Crippen LogP contribution is 2.31. The van der Waals surface area contributed by atoms with Gasteiger partial charge in [-0.3, -0.25) is 4.79 Å². The molecule has 1 aromatic heterocycles. The second-order valence-corrected chi connectivity index (χ2v) is 5.11. The van der Waals surface area contributed by atoms with E-state index >= 15 is 0 Å². The van der Waals surface area contributed by atoms with Crippen LogP contribution in [-0.4, -0.2) is 23.7 Å². The van der Waals surface area contributed by atoms with Gasteiger partial charge < -0.3 is 15.6 Å². The number of nitrogens with zero attached hydrogens (tertiary/aromatic N) is 1. The zero-order chi connectivity index (χ0) is 13.1. The molecule has 1 atom stereocenters. The van der Waals surface area contributed by atoms with Crippen molar-refractivity contribution in [1.82, 2.24) is 10.5 Å². The molecule has 1 aliphatic rings. The lowest BCUT2D eigenvalue weighted by atomic mass is 10.1. The number of nitrogens with two attached hydrogens (primary N) is 1. The molecule has 100 valence electrons. The quantitative estimate of drug-likeness (QED) is 0.792. The Morgan fingerprint density at radius 3 is 2.83 bits per heavy atom.